The topological polar surface area (TPSA) is 24.1 Å². The van der Waals surface area contributed by atoms with Crippen molar-refractivity contribution in [2.45, 2.75) is 38.6 Å². The van der Waals surface area contributed by atoms with Crippen molar-refractivity contribution in [1.82, 2.24) is 5.32 Å². The van der Waals surface area contributed by atoms with Crippen LogP contribution >= 0.6 is 28.1 Å². The average Bonchev–Trinajstić information content (AvgIpc) is 2.96. The number of rotatable bonds is 2. The van der Waals surface area contributed by atoms with Gasteiger partial charge in [0.05, 0.1) is 0 Å². The summed E-state index contributed by atoms with van der Waals surface area (Å²) in [7, 11) is 0. The zero-order valence-corrected chi connectivity index (χ0v) is 13.5. The van der Waals surface area contributed by atoms with Crippen molar-refractivity contribution in [2.24, 2.45) is 11.8 Å². The van der Waals surface area contributed by atoms with E-state index in [1.54, 1.807) is 0 Å². The molecule has 3 rings (SSSR count). The van der Waals surface area contributed by atoms with Gasteiger partial charge in [-0.1, -0.05) is 22.4 Å². The lowest BCUT2D eigenvalue weighted by molar-refractivity contribution is 0.392. The number of hydrogen-bond donors (Lipinski definition) is 2. The maximum atomic E-state index is 5.43. The normalized spacial score (nSPS) is 28.4. The van der Waals surface area contributed by atoms with Gasteiger partial charge < -0.3 is 10.6 Å². The van der Waals surface area contributed by atoms with E-state index in [-0.39, 0.29) is 0 Å². The molecular weight excluding hydrogens is 320 g/mol. The van der Waals surface area contributed by atoms with Crippen LogP contribution in [0, 0.1) is 18.8 Å². The van der Waals surface area contributed by atoms with Crippen LogP contribution in [0.4, 0.5) is 5.69 Å². The summed E-state index contributed by atoms with van der Waals surface area (Å²) in [6.07, 6.45) is 5.50. The Morgan fingerprint density at radius 2 is 2.16 bits per heavy atom. The zero-order valence-electron chi connectivity index (χ0n) is 11.1. The molecule has 2 aliphatic rings. The molecule has 0 heterocycles. The van der Waals surface area contributed by atoms with Gasteiger partial charge in [0.2, 0.25) is 0 Å². The van der Waals surface area contributed by atoms with Crippen LogP contribution in [0.1, 0.15) is 31.2 Å². The molecule has 0 saturated heterocycles. The fourth-order valence-corrected chi connectivity index (χ4v) is 4.00. The predicted octanol–water partition coefficient (Wildman–Crippen LogP) is 4.23. The molecule has 2 saturated carbocycles. The molecule has 0 radical (unpaired) electrons. The van der Waals surface area contributed by atoms with Gasteiger partial charge in [0.25, 0.3) is 0 Å². The summed E-state index contributed by atoms with van der Waals surface area (Å²) in [5.74, 6) is 1.79. The van der Waals surface area contributed by atoms with Gasteiger partial charge in [0, 0.05) is 16.2 Å². The third-order valence-corrected chi connectivity index (χ3v) is 5.58. The van der Waals surface area contributed by atoms with Crippen LogP contribution in [0.5, 0.6) is 0 Å². The number of anilines is 1. The molecule has 2 nitrogen and oxygen atoms in total. The highest BCUT2D eigenvalue weighted by Crippen LogP contribution is 2.44. The van der Waals surface area contributed by atoms with Gasteiger partial charge in [-0.05, 0) is 74.0 Å². The molecule has 1 aromatic rings. The summed E-state index contributed by atoms with van der Waals surface area (Å²) < 4.78 is 1.13. The van der Waals surface area contributed by atoms with Gasteiger partial charge in [-0.15, -0.1) is 0 Å². The van der Waals surface area contributed by atoms with E-state index in [4.69, 9.17) is 12.2 Å². The Bertz CT molecular complexity index is 503. The van der Waals surface area contributed by atoms with Gasteiger partial charge in [-0.2, -0.15) is 0 Å². The summed E-state index contributed by atoms with van der Waals surface area (Å²) in [6.45, 7) is 2.08. The van der Waals surface area contributed by atoms with E-state index in [0.29, 0.717) is 6.04 Å². The van der Waals surface area contributed by atoms with Crippen LogP contribution < -0.4 is 10.6 Å². The quantitative estimate of drug-likeness (QED) is 0.789. The molecular formula is C15H19BrN2S. The molecule has 2 fully saturated rings. The minimum Gasteiger partial charge on any atom is -0.359 e. The molecule has 2 N–H and O–H groups in total. The van der Waals surface area contributed by atoms with Gasteiger partial charge in [-0.25, -0.2) is 0 Å². The maximum absolute atomic E-state index is 5.43. The van der Waals surface area contributed by atoms with Gasteiger partial charge >= 0.3 is 0 Å². The number of nitrogens with one attached hydrogen (secondary N) is 2. The van der Waals surface area contributed by atoms with Crippen LogP contribution in [0.3, 0.4) is 0 Å². The van der Waals surface area contributed by atoms with Crippen LogP contribution in [0.25, 0.3) is 0 Å². The summed E-state index contributed by atoms with van der Waals surface area (Å²) in [5.41, 5.74) is 2.27. The highest BCUT2D eigenvalue weighted by molar-refractivity contribution is 9.10. The first-order valence-electron chi connectivity index (χ1n) is 6.95. The smallest absolute Gasteiger partial charge is 0.171 e. The number of halogens is 1. The molecule has 0 amide bonds. The lowest BCUT2D eigenvalue weighted by Crippen LogP contribution is -2.40. The molecule has 19 heavy (non-hydrogen) atoms. The first kappa shape index (κ1) is 13.4. The van der Waals surface area contributed by atoms with Crippen LogP contribution in [-0.4, -0.2) is 11.2 Å². The van der Waals surface area contributed by atoms with Gasteiger partial charge in [-0.3, -0.25) is 0 Å². The van der Waals surface area contributed by atoms with Gasteiger partial charge in [0.1, 0.15) is 0 Å². The molecule has 2 bridgehead atoms. The average molecular weight is 339 g/mol. The summed E-state index contributed by atoms with van der Waals surface area (Å²) in [5, 5.41) is 7.56. The first-order valence-corrected chi connectivity index (χ1v) is 8.15. The Balaban J connectivity index is 1.57. The number of aryl methyl sites for hydroxylation is 1. The van der Waals surface area contributed by atoms with E-state index >= 15 is 0 Å². The van der Waals surface area contributed by atoms with E-state index in [2.05, 4.69) is 45.6 Å². The first-order chi connectivity index (χ1) is 9.11. The number of hydrogen-bond acceptors (Lipinski definition) is 1. The highest BCUT2D eigenvalue weighted by atomic mass is 79.9. The van der Waals surface area contributed by atoms with Crippen molar-refractivity contribution in [2.75, 3.05) is 5.32 Å². The Morgan fingerprint density at radius 3 is 2.79 bits per heavy atom. The van der Waals surface area contributed by atoms with Gasteiger partial charge in [0.15, 0.2) is 5.11 Å². The van der Waals surface area contributed by atoms with Crippen LogP contribution in [0.15, 0.2) is 22.7 Å². The molecule has 0 unspecified atom stereocenters. The molecule has 0 spiro atoms. The third kappa shape index (κ3) is 2.95. The standard InChI is InChI=1S/C15H19BrN2S/c1-9-6-12(4-5-13(9)16)17-15(19)18-14-8-10-2-3-11(14)7-10/h4-6,10-11,14H,2-3,7-8H2,1H3,(H2,17,18,19)/t10-,11-,14-/m1/s1. The van der Waals surface area contributed by atoms with Crippen LogP contribution in [0.2, 0.25) is 0 Å². The second-order valence-corrected chi connectivity index (χ2v) is 7.11. The Hall–Kier alpha value is -0.610. The second kappa shape index (κ2) is 5.41. The minimum atomic E-state index is 0.593. The fraction of sp³-hybridized carbons (Fsp3) is 0.533. The fourth-order valence-electron chi connectivity index (χ4n) is 3.48. The number of fused-ring (bicyclic) bond motifs is 2. The maximum Gasteiger partial charge on any atom is 0.171 e. The van der Waals surface area contributed by atoms with Crippen molar-refractivity contribution < 1.29 is 0 Å². The molecule has 0 aliphatic heterocycles. The van der Waals surface area contributed by atoms with Crippen molar-refractivity contribution >= 4 is 38.9 Å². The predicted molar refractivity (Wildman–Crippen MR) is 87.5 cm³/mol. The summed E-state index contributed by atoms with van der Waals surface area (Å²) in [4.78, 5) is 0. The third-order valence-electron chi connectivity index (χ3n) is 4.47. The molecule has 1 aromatic carbocycles. The van der Waals surface area contributed by atoms with E-state index in [1.165, 1.54) is 31.2 Å². The van der Waals surface area contributed by atoms with Crippen LogP contribution in [-0.2, 0) is 0 Å². The SMILES string of the molecule is Cc1cc(NC(=S)N[C@@H]2C[C@@H]3CC[C@@H]2C3)ccc1Br. The minimum absolute atomic E-state index is 0.593. The lowest BCUT2D eigenvalue weighted by atomic mass is 9.96. The summed E-state index contributed by atoms with van der Waals surface area (Å²) in [6, 6.07) is 6.80. The summed E-state index contributed by atoms with van der Waals surface area (Å²) >= 11 is 8.94. The Labute approximate surface area is 128 Å². The van der Waals surface area contributed by atoms with E-state index in [0.717, 1.165) is 27.1 Å². The molecule has 102 valence electrons. The van der Waals surface area contributed by atoms with E-state index in [9.17, 15) is 0 Å². The highest BCUT2D eigenvalue weighted by Gasteiger charge is 2.39. The lowest BCUT2D eigenvalue weighted by Gasteiger charge is -2.24. The molecule has 3 atom stereocenters. The second-order valence-electron chi connectivity index (χ2n) is 5.84. The Kier molecular flexibility index (Phi) is 3.81. The molecule has 0 aromatic heterocycles. The zero-order chi connectivity index (χ0) is 13.4. The Morgan fingerprint density at radius 1 is 1.32 bits per heavy atom. The van der Waals surface area contributed by atoms with Crippen molar-refractivity contribution in [3.63, 3.8) is 0 Å². The van der Waals surface area contributed by atoms with Crippen molar-refractivity contribution in [3.05, 3.63) is 28.2 Å². The van der Waals surface area contributed by atoms with E-state index < -0.39 is 0 Å². The van der Waals surface area contributed by atoms with E-state index in [1.807, 2.05) is 6.07 Å². The number of thiocarbonyl (C=S) groups is 1. The molecule has 2 aliphatic carbocycles. The largest absolute Gasteiger partial charge is 0.359 e. The van der Waals surface area contributed by atoms with Crippen molar-refractivity contribution in [3.8, 4) is 0 Å². The van der Waals surface area contributed by atoms with Crippen molar-refractivity contribution in [1.29, 1.82) is 0 Å². The number of benzene rings is 1. The molecule has 4 heteroatoms. The monoisotopic (exact) mass is 338 g/mol.